The summed E-state index contributed by atoms with van der Waals surface area (Å²) in [7, 11) is 1.99. The number of benzene rings is 1. The van der Waals surface area contributed by atoms with Gasteiger partial charge in [0.25, 0.3) is 0 Å². The Morgan fingerprint density at radius 2 is 2.11 bits per heavy atom. The summed E-state index contributed by atoms with van der Waals surface area (Å²) < 4.78 is 0. The van der Waals surface area contributed by atoms with Crippen LogP contribution in [0.25, 0.3) is 0 Å². The molecule has 1 aromatic rings. The van der Waals surface area contributed by atoms with Crippen LogP contribution >= 0.6 is 11.6 Å². The second-order valence-electron chi connectivity index (χ2n) is 4.76. The van der Waals surface area contributed by atoms with E-state index in [4.69, 9.17) is 11.6 Å². The van der Waals surface area contributed by atoms with Crippen LogP contribution in [0.15, 0.2) is 18.2 Å². The second-order valence-corrected chi connectivity index (χ2v) is 5.20. The molecule has 18 heavy (non-hydrogen) atoms. The average Bonchev–Trinajstić information content (AvgIpc) is 2.39. The molecule has 1 aromatic carbocycles. The number of hydrogen-bond donors (Lipinski definition) is 1. The van der Waals surface area contributed by atoms with Gasteiger partial charge in [-0.05, 0) is 43.7 Å². The Bertz CT molecular complexity index is 457. The predicted molar refractivity (Wildman–Crippen MR) is 74.9 cm³/mol. The van der Waals surface area contributed by atoms with Gasteiger partial charge in [0.05, 0.1) is 0 Å². The van der Waals surface area contributed by atoms with E-state index in [1.807, 2.05) is 25.2 Å². The number of nitrogens with one attached hydrogen (secondary N) is 1. The Labute approximate surface area is 113 Å². The van der Waals surface area contributed by atoms with Gasteiger partial charge in [-0.25, -0.2) is 0 Å². The second kappa shape index (κ2) is 4.90. The Kier molecular flexibility index (Phi) is 3.64. The molecule has 0 radical (unpaired) electrons. The molecular weight excluding hydrogens is 248 g/mol. The summed E-state index contributed by atoms with van der Waals surface area (Å²) >= 11 is 6.12. The van der Waals surface area contributed by atoms with E-state index in [0.29, 0.717) is 0 Å². The number of halogens is 1. The lowest BCUT2D eigenvalue weighted by Gasteiger charge is -2.49. The third-order valence-corrected chi connectivity index (χ3v) is 4.41. The van der Waals surface area contributed by atoms with Gasteiger partial charge in [0, 0.05) is 16.2 Å². The first kappa shape index (κ1) is 13.4. The van der Waals surface area contributed by atoms with Crippen LogP contribution in [0.3, 0.4) is 0 Å². The topological polar surface area (TPSA) is 32.3 Å². The number of aldehydes is 1. The highest BCUT2D eigenvalue weighted by atomic mass is 35.5. The van der Waals surface area contributed by atoms with Crippen LogP contribution in [0.1, 0.15) is 32.3 Å². The van der Waals surface area contributed by atoms with Crippen LogP contribution < -0.4 is 5.32 Å². The van der Waals surface area contributed by atoms with Crippen molar-refractivity contribution in [2.75, 3.05) is 12.4 Å². The fourth-order valence-corrected chi connectivity index (χ4v) is 3.17. The van der Waals surface area contributed by atoms with Crippen LogP contribution in [0, 0.1) is 0 Å². The summed E-state index contributed by atoms with van der Waals surface area (Å²) in [6.07, 6.45) is 2.56. The molecule has 0 aliphatic carbocycles. The van der Waals surface area contributed by atoms with E-state index in [0.717, 1.165) is 29.8 Å². The molecule has 0 amide bonds. The van der Waals surface area contributed by atoms with E-state index in [2.05, 4.69) is 24.1 Å². The van der Waals surface area contributed by atoms with Crippen molar-refractivity contribution in [2.45, 2.75) is 38.4 Å². The molecule has 2 rings (SSSR count). The van der Waals surface area contributed by atoms with Gasteiger partial charge in [-0.1, -0.05) is 25.4 Å². The molecule has 3 nitrogen and oxygen atoms in total. The molecule has 1 N–H and O–H groups in total. The highest BCUT2D eigenvalue weighted by molar-refractivity contribution is 6.30. The van der Waals surface area contributed by atoms with E-state index in [9.17, 15) is 4.79 Å². The fourth-order valence-electron chi connectivity index (χ4n) is 2.99. The molecule has 0 saturated heterocycles. The summed E-state index contributed by atoms with van der Waals surface area (Å²) in [5, 5.41) is 3.98. The zero-order valence-corrected chi connectivity index (χ0v) is 11.8. The first-order valence-corrected chi connectivity index (χ1v) is 6.71. The molecular formula is C14H19ClN2O. The number of nitrogens with zero attached hydrogens (tertiary/aromatic N) is 1. The lowest BCUT2D eigenvalue weighted by molar-refractivity contribution is -0.114. The molecule has 0 saturated carbocycles. The zero-order valence-electron chi connectivity index (χ0n) is 11.0. The SMILES string of the molecule is CCC1(CC)c2cc(Cl)ccc2NC(C=O)N1C. The monoisotopic (exact) mass is 266 g/mol. The van der Waals surface area contributed by atoms with Crippen molar-refractivity contribution in [1.29, 1.82) is 0 Å². The van der Waals surface area contributed by atoms with E-state index in [1.54, 1.807) is 0 Å². The minimum atomic E-state index is -0.279. The smallest absolute Gasteiger partial charge is 0.157 e. The summed E-state index contributed by atoms with van der Waals surface area (Å²) in [6.45, 7) is 4.30. The summed E-state index contributed by atoms with van der Waals surface area (Å²) in [4.78, 5) is 13.3. The van der Waals surface area contributed by atoms with E-state index < -0.39 is 0 Å². The highest BCUT2D eigenvalue weighted by Crippen LogP contribution is 2.44. The van der Waals surface area contributed by atoms with Gasteiger partial charge in [-0.2, -0.15) is 0 Å². The first-order valence-electron chi connectivity index (χ1n) is 6.34. The van der Waals surface area contributed by atoms with E-state index in [1.165, 1.54) is 5.56 Å². The molecule has 0 spiro atoms. The van der Waals surface area contributed by atoms with Gasteiger partial charge >= 0.3 is 0 Å². The predicted octanol–water partition coefficient (Wildman–Crippen LogP) is 3.24. The number of fused-ring (bicyclic) bond motifs is 1. The van der Waals surface area contributed by atoms with Crippen molar-refractivity contribution >= 4 is 23.6 Å². The summed E-state index contributed by atoms with van der Waals surface area (Å²) in [5.41, 5.74) is 2.07. The Balaban J connectivity index is 2.63. The molecule has 1 heterocycles. The Hall–Kier alpha value is -1.06. The number of hydrogen-bond acceptors (Lipinski definition) is 3. The third-order valence-electron chi connectivity index (χ3n) is 4.18. The van der Waals surface area contributed by atoms with Crippen LogP contribution in [-0.2, 0) is 10.3 Å². The Morgan fingerprint density at radius 1 is 1.44 bits per heavy atom. The largest absolute Gasteiger partial charge is 0.363 e. The van der Waals surface area contributed by atoms with Gasteiger partial charge in [0.1, 0.15) is 6.17 Å². The van der Waals surface area contributed by atoms with Gasteiger partial charge in [-0.15, -0.1) is 0 Å². The molecule has 1 unspecified atom stereocenters. The van der Waals surface area contributed by atoms with Gasteiger partial charge in [0.15, 0.2) is 6.29 Å². The zero-order chi connectivity index (χ0) is 13.3. The van der Waals surface area contributed by atoms with Gasteiger partial charge in [0.2, 0.25) is 0 Å². The lowest BCUT2D eigenvalue weighted by Crippen LogP contribution is -2.55. The molecule has 0 fully saturated rings. The fraction of sp³-hybridized carbons (Fsp3) is 0.500. The van der Waals surface area contributed by atoms with Crippen molar-refractivity contribution in [1.82, 2.24) is 4.90 Å². The molecule has 1 aliphatic heterocycles. The normalized spacial score (nSPS) is 22.1. The standard InChI is InChI=1S/C14H19ClN2O/c1-4-14(5-2)11-8-10(15)6-7-12(11)16-13(9-18)17(14)3/h6-9,13,16H,4-5H2,1-3H3. The maximum absolute atomic E-state index is 11.2. The third kappa shape index (κ3) is 1.82. The van der Waals surface area contributed by atoms with Crippen molar-refractivity contribution < 1.29 is 4.79 Å². The lowest BCUT2D eigenvalue weighted by atomic mass is 9.80. The molecule has 4 heteroatoms. The van der Waals surface area contributed by atoms with Crippen molar-refractivity contribution in [3.05, 3.63) is 28.8 Å². The van der Waals surface area contributed by atoms with Crippen LogP contribution in [0.5, 0.6) is 0 Å². The summed E-state index contributed by atoms with van der Waals surface area (Å²) in [5.74, 6) is 0. The quantitative estimate of drug-likeness (QED) is 0.853. The van der Waals surface area contributed by atoms with Crippen molar-refractivity contribution in [3.63, 3.8) is 0 Å². The van der Waals surface area contributed by atoms with Crippen LogP contribution in [0.2, 0.25) is 5.02 Å². The molecule has 1 aliphatic rings. The minimum Gasteiger partial charge on any atom is -0.363 e. The Morgan fingerprint density at radius 3 is 2.67 bits per heavy atom. The number of rotatable bonds is 3. The minimum absolute atomic E-state index is 0.128. The van der Waals surface area contributed by atoms with Crippen molar-refractivity contribution in [2.24, 2.45) is 0 Å². The van der Waals surface area contributed by atoms with Crippen LogP contribution in [-0.4, -0.2) is 24.4 Å². The molecule has 0 aromatic heterocycles. The van der Waals surface area contributed by atoms with E-state index >= 15 is 0 Å². The van der Waals surface area contributed by atoms with Crippen molar-refractivity contribution in [3.8, 4) is 0 Å². The highest BCUT2D eigenvalue weighted by Gasteiger charge is 2.42. The maximum Gasteiger partial charge on any atom is 0.157 e. The first-order chi connectivity index (χ1) is 8.58. The number of carbonyl (C=O) groups is 1. The van der Waals surface area contributed by atoms with Gasteiger partial charge in [-0.3, -0.25) is 9.69 Å². The maximum atomic E-state index is 11.2. The van der Waals surface area contributed by atoms with Crippen LogP contribution in [0.4, 0.5) is 5.69 Å². The number of anilines is 1. The average molecular weight is 267 g/mol. The van der Waals surface area contributed by atoms with E-state index in [-0.39, 0.29) is 11.7 Å². The number of likely N-dealkylation sites (N-methyl/N-ethyl adjacent to an activating group) is 1. The molecule has 0 bridgehead atoms. The summed E-state index contributed by atoms with van der Waals surface area (Å²) in [6, 6.07) is 5.83. The molecule has 1 atom stereocenters. The molecule has 98 valence electrons. The number of carbonyl (C=O) groups excluding carboxylic acids is 1. The van der Waals surface area contributed by atoms with Gasteiger partial charge < -0.3 is 5.32 Å².